The minimum Gasteiger partial charge on any atom is -0.495 e. The largest absolute Gasteiger partial charge is 0.495 e. The van der Waals surface area contributed by atoms with E-state index in [-0.39, 0.29) is 0 Å². The number of hydrogen-bond donors (Lipinski definition) is 1. The molecule has 0 aliphatic rings. The Kier molecular flexibility index (Phi) is 3.58. The fraction of sp³-hybridized carbons (Fsp3) is 0.154. The Labute approximate surface area is 110 Å². The van der Waals surface area contributed by atoms with Gasteiger partial charge in [-0.2, -0.15) is 0 Å². The summed E-state index contributed by atoms with van der Waals surface area (Å²) in [6.07, 6.45) is 0. The number of ether oxygens (including phenoxy) is 2. The van der Waals surface area contributed by atoms with Gasteiger partial charge in [0.25, 0.3) is 0 Å². The normalized spacial score (nSPS) is 10.2. The number of rotatable bonds is 3. The van der Waals surface area contributed by atoms with Gasteiger partial charge in [0, 0.05) is 5.56 Å². The number of pyridine rings is 1. The lowest BCUT2D eigenvalue weighted by atomic mass is 10.1. The van der Waals surface area contributed by atoms with E-state index in [0.29, 0.717) is 28.0 Å². The van der Waals surface area contributed by atoms with Gasteiger partial charge in [0.15, 0.2) is 5.75 Å². The van der Waals surface area contributed by atoms with Crippen molar-refractivity contribution in [2.45, 2.75) is 0 Å². The van der Waals surface area contributed by atoms with Gasteiger partial charge in [-0.3, -0.25) is 0 Å². The van der Waals surface area contributed by atoms with E-state index < -0.39 is 0 Å². The van der Waals surface area contributed by atoms with Crippen LogP contribution in [0.5, 0.6) is 11.5 Å². The summed E-state index contributed by atoms with van der Waals surface area (Å²) in [6.45, 7) is 0. The first-order valence-electron chi connectivity index (χ1n) is 5.30. The third-order valence-corrected chi connectivity index (χ3v) is 2.89. The van der Waals surface area contributed by atoms with Crippen molar-refractivity contribution in [2.75, 3.05) is 20.0 Å². The van der Waals surface area contributed by atoms with E-state index in [1.165, 1.54) is 0 Å². The third-order valence-electron chi connectivity index (χ3n) is 2.53. The van der Waals surface area contributed by atoms with Crippen LogP contribution >= 0.6 is 11.6 Å². The van der Waals surface area contributed by atoms with Crippen molar-refractivity contribution in [3.05, 3.63) is 35.4 Å². The van der Waals surface area contributed by atoms with Gasteiger partial charge in [-0.15, -0.1) is 0 Å². The van der Waals surface area contributed by atoms with Crippen LogP contribution in [-0.2, 0) is 0 Å². The standard InChI is InChI=1S/C13H13ClN2O2/c1-17-10-7-6-8(13(18-2)12(10)14)9-4-3-5-11(15)16-9/h3-7H,1-2H3,(H2,15,16). The van der Waals surface area contributed by atoms with Gasteiger partial charge in [-0.25, -0.2) is 4.98 Å². The molecule has 0 aliphatic carbocycles. The molecule has 0 saturated carbocycles. The number of methoxy groups -OCH3 is 2. The zero-order chi connectivity index (χ0) is 13.1. The summed E-state index contributed by atoms with van der Waals surface area (Å²) in [4.78, 5) is 4.25. The van der Waals surface area contributed by atoms with Crippen molar-refractivity contribution >= 4 is 17.4 Å². The number of anilines is 1. The molecule has 5 heteroatoms. The number of benzene rings is 1. The summed E-state index contributed by atoms with van der Waals surface area (Å²) in [7, 11) is 3.11. The monoisotopic (exact) mass is 264 g/mol. The number of nitrogens with two attached hydrogens (primary N) is 1. The first-order valence-corrected chi connectivity index (χ1v) is 5.68. The quantitative estimate of drug-likeness (QED) is 0.926. The Balaban J connectivity index is 2.61. The van der Waals surface area contributed by atoms with Gasteiger partial charge < -0.3 is 15.2 Å². The molecule has 2 aromatic rings. The molecule has 0 aliphatic heterocycles. The van der Waals surface area contributed by atoms with E-state index in [1.54, 1.807) is 26.4 Å². The number of halogens is 1. The molecule has 0 spiro atoms. The van der Waals surface area contributed by atoms with Crippen molar-refractivity contribution < 1.29 is 9.47 Å². The van der Waals surface area contributed by atoms with Gasteiger partial charge in [0.05, 0.1) is 19.9 Å². The van der Waals surface area contributed by atoms with Crippen LogP contribution in [0.4, 0.5) is 5.82 Å². The predicted molar refractivity (Wildman–Crippen MR) is 72.2 cm³/mol. The summed E-state index contributed by atoms with van der Waals surface area (Å²) < 4.78 is 10.5. The molecular weight excluding hydrogens is 252 g/mol. The smallest absolute Gasteiger partial charge is 0.150 e. The summed E-state index contributed by atoms with van der Waals surface area (Å²) in [6, 6.07) is 9.00. The topological polar surface area (TPSA) is 57.4 Å². The minimum absolute atomic E-state index is 0.418. The second-order valence-corrected chi connectivity index (χ2v) is 3.99. The Bertz CT molecular complexity index is 573. The van der Waals surface area contributed by atoms with Crippen LogP contribution in [0.2, 0.25) is 5.02 Å². The third kappa shape index (κ3) is 2.19. The Morgan fingerprint density at radius 2 is 1.89 bits per heavy atom. The van der Waals surface area contributed by atoms with Crippen LogP contribution in [0.3, 0.4) is 0 Å². The van der Waals surface area contributed by atoms with Crippen LogP contribution in [0.1, 0.15) is 0 Å². The molecule has 1 heterocycles. The van der Waals surface area contributed by atoms with E-state index in [2.05, 4.69) is 4.98 Å². The Morgan fingerprint density at radius 1 is 1.11 bits per heavy atom. The van der Waals surface area contributed by atoms with E-state index in [1.807, 2.05) is 18.2 Å². The second-order valence-electron chi connectivity index (χ2n) is 3.61. The van der Waals surface area contributed by atoms with Gasteiger partial charge in [-0.05, 0) is 24.3 Å². The summed E-state index contributed by atoms with van der Waals surface area (Å²) >= 11 is 6.19. The number of nitrogen functional groups attached to an aromatic ring is 1. The highest BCUT2D eigenvalue weighted by Crippen LogP contribution is 2.41. The maximum Gasteiger partial charge on any atom is 0.150 e. The Morgan fingerprint density at radius 3 is 2.50 bits per heavy atom. The van der Waals surface area contributed by atoms with Crippen LogP contribution in [0.25, 0.3) is 11.3 Å². The van der Waals surface area contributed by atoms with Gasteiger partial charge in [0.1, 0.15) is 16.6 Å². The molecule has 0 saturated heterocycles. The van der Waals surface area contributed by atoms with Crippen molar-refractivity contribution in [1.29, 1.82) is 0 Å². The lowest BCUT2D eigenvalue weighted by Crippen LogP contribution is -1.96. The molecule has 0 fully saturated rings. The molecule has 4 nitrogen and oxygen atoms in total. The Hall–Kier alpha value is -1.94. The van der Waals surface area contributed by atoms with E-state index in [0.717, 1.165) is 5.56 Å². The van der Waals surface area contributed by atoms with E-state index in [9.17, 15) is 0 Å². The first-order chi connectivity index (χ1) is 8.67. The maximum absolute atomic E-state index is 6.19. The average Bonchev–Trinajstić information content (AvgIpc) is 2.38. The highest BCUT2D eigenvalue weighted by molar-refractivity contribution is 6.34. The lowest BCUT2D eigenvalue weighted by Gasteiger charge is -2.12. The zero-order valence-electron chi connectivity index (χ0n) is 10.1. The molecule has 1 aromatic heterocycles. The van der Waals surface area contributed by atoms with Crippen molar-refractivity contribution in [1.82, 2.24) is 4.98 Å². The fourth-order valence-electron chi connectivity index (χ4n) is 1.70. The van der Waals surface area contributed by atoms with Gasteiger partial charge in [0.2, 0.25) is 0 Å². The van der Waals surface area contributed by atoms with Crippen LogP contribution in [-0.4, -0.2) is 19.2 Å². The second kappa shape index (κ2) is 5.14. The van der Waals surface area contributed by atoms with E-state index in [4.69, 9.17) is 26.8 Å². The fourth-order valence-corrected chi connectivity index (χ4v) is 2.02. The number of aromatic nitrogens is 1. The zero-order valence-corrected chi connectivity index (χ0v) is 10.9. The highest BCUT2D eigenvalue weighted by atomic mass is 35.5. The van der Waals surface area contributed by atoms with Gasteiger partial charge in [-0.1, -0.05) is 17.7 Å². The van der Waals surface area contributed by atoms with Crippen molar-refractivity contribution in [3.63, 3.8) is 0 Å². The average molecular weight is 265 g/mol. The molecule has 1 aromatic carbocycles. The first kappa shape index (κ1) is 12.5. The van der Waals surface area contributed by atoms with Crippen LogP contribution < -0.4 is 15.2 Å². The molecule has 0 amide bonds. The molecule has 94 valence electrons. The molecule has 18 heavy (non-hydrogen) atoms. The maximum atomic E-state index is 6.19. The SMILES string of the molecule is COc1ccc(-c2cccc(N)n2)c(OC)c1Cl. The summed E-state index contributed by atoms with van der Waals surface area (Å²) in [5.41, 5.74) is 7.15. The summed E-state index contributed by atoms with van der Waals surface area (Å²) in [5, 5.41) is 0.418. The molecule has 0 bridgehead atoms. The van der Waals surface area contributed by atoms with Crippen molar-refractivity contribution in [2.24, 2.45) is 0 Å². The lowest BCUT2D eigenvalue weighted by molar-refractivity contribution is 0.396. The molecule has 2 N–H and O–H groups in total. The van der Waals surface area contributed by atoms with Crippen LogP contribution in [0, 0.1) is 0 Å². The molecule has 0 radical (unpaired) electrons. The van der Waals surface area contributed by atoms with Crippen LogP contribution in [0.15, 0.2) is 30.3 Å². The molecular formula is C13H13ClN2O2. The number of nitrogens with zero attached hydrogens (tertiary/aromatic N) is 1. The molecule has 0 atom stereocenters. The van der Waals surface area contributed by atoms with E-state index >= 15 is 0 Å². The summed E-state index contributed by atoms with van der Waals surface area (Å²) in [5.74, 6) is 1.52. The molecule has 2 rings (SSSR count). The highest BCUT2D eigenvalue weighted by Gasteiger charge is 2.15. The predicted octanol–water partition coefficient (Wildman–Crippen LogP) is 3.00. The van der Waals surface area contributed by atoms with Crippen molar-refractivity contribution in [3.8, 4) is 22.8 Å². The molecule has 0 unspecified atom stereocenters. The van der Waals surface area contributed by atoms with Gasteiger partial charge >= 0.3 is 0 Å². The number of hydrogen-bond acceptors (Lipinski definition) is 4. The minimum atomic E-state index is 0.418.